The van der Waals surface area contributed by atoms with Crippen LogP contribution in [-0.2, 0) is 0 Å². The molecule has 0 radical (unpaired) electrons. The predicted molar refractivity (Wildman–Crippen MR) is 69.1 cm³/mol. The average molecular weight is 242 g/mol. The topological polar surface area (TPSA) is 72.2 Å². The summed E-state index contributed by atoms with van der Waals surface area (Å²) in [6, 6.07) is 6.53. The van der Waals surface area contributed by atoms with Crippen LogP contribution in [0.5, 0.6) is 0 Å². The molecule has 1 aromatic rings. The van der Waals surface area contributed by atoms with Crippen LogP contribution in [0.15, 0.2) is 48.3 Å². The quantitative estimate of drug-likeness (QED) is 0.786. The van der Waals surface area contributed by atoms with Crippen LogP contribution in [-0.4, -0.2) is 17.6 Å². The Kier molecular flexibility index (Phi) is 3.02. The van der Waals surface area contributed by atoms with Crippen molar-refractivity contribution in [2.24, 2.45) is 5.73 Å². The molecular weight excluding hydrogens is 228 g/mol. The van der Waals surface area contributed by atoms with Crippen molar-refractivity contribution >= 4 is 11.6 Å². The second kappa shape index (κ2) is 4.49. The Morgan fingerprint density at radius 2 is 1.78 bits per heavy atom. The van der Waals surface area contributed by atoms with Crippen LogP contribution in [0.3, 0.4) is 0 Å². The van der Waals surface area contributed by atoms with E-state index in [1.165, 1.54) is 0 Å². The van der Waals surface area contributed by atoms with E-state index in [4.69, 9.17) is 5.73 Å². The molecule has 0 fully saturated rings. The van der Waals surface area contributed by atoms with E-state index >= 15 is 0 Å². The minimum absolute atomic E-state index is 0.0348. The maximum atomic E-state index is 12.2. The third kappa shape index (κ3) is 1.82. The van der Waals surface area contributed by atoms with Crippen LogP contribution in [0.1, 0.15) is 27.6 Å². The summed E-state index contributed by atoms with van der Waals surface area (Å²) in [5, 5.41) is 2.91. The number of ketones is 2. The number of hydrogen-bond acceptors (Lipinski definition) is 4. The smallest absolute Gasteiger partial charge is 0.211 e. The lowest BCUT2D eigenvalue weighted by Gasteiger charge is -2.21. The first-order chi connectivity index (χ1) is 8.56. The number of hydrogen-bond donors (Lipinski definition) is 2. The summed E-state index contributed by atoms with van der Waals surface area (Å²) >= 11 is 0. The number of allylic oxidation sites excluding steroid dienone is 2. The van der Waals surface area contributed by atoms with Crippen LogP contribution in [0, 0.1) is 0 Å². The van der Waals surface area contributed by atoms with E-state index in [0.717, 1.165) is 0 Å². The van der Waals surface area contributed by atoms with Gasteiger partial charge in [-0.15, -0.1) is 6.58 Å². The van der Waals surface area contributed by atoms with E-state index in [1.807, 2.05) is 6.92 Å². The normalized spacial score (nSPS) is 16.3. The zero-order valence-corrected chi connectivity index (χ0v) is 10.1. The second-order valence-corrected chi connectivity index (χ2v) is 4.16. The molecule has 3 N–H and O–H groups in total. The fourth-order valence-electron chi connectivity index (χ4n) is 1.82. The number of rotatable bonds is 3. The maximum Gasteiger partial charge on any atom is 0.211 e. The third-order valence-electron chi connectivity index (χ3n) is 2.88. The van der Waals surface area contributed by atoms with Gasteiger partial charge in [-0.1, -0.05) is 30.3 Å². The molecule has 18 heavy (non-hydrogen) atoms. The average Bonchev–Trinajstić information content (AvgIpc) is 2.40. The SMILES string of the molecule is C=CC(C)NC1=C(N)C(=O)c2ccccc2C1=O. The molecule has 1 unspecified atom stereocenters. The van der Waals surface area contributed by atoms with Gasteiger partial charge in [0.05, 0.1) is 0 Å². The number of carbonyl (C=O) groups is 2. The summed E-state index contributed by atoms with van der Waals surface area (Å²) in [6.45, 7) is 5.44. The summed E-state index contributed by atoms with van der Waals surface area (Å²) in [4.78, 5) is 24.3. The monoisotopic (exact) mass is 242 g/mol. The van der Waals surface area contributed by atoms with Gasteiger partial charge in [0.25, 0.3) is 0 Å². The highest BCUT2D eigenvalue weighted by Gasteiger charge is 2.30. The first-order valence-corrected chi connectivity index (χ1v) is 5.63. The van der Waals surface area contributed by atoms with E-state index in [0.29, 0.717) is 11.1 Å². The van der Waals surface area contributed by atoms with Crippen molar-refractivity contribution in [1.29, 1.82) is 0 Å². The zero-order valence-electron chi connectivity index (χ0n) is 10.1. The molecule has 1 aliphatic rings. The van der Waals surface area contributed by atoms with Crippen molar-refractivity contribution in [3.05, 3.63) is 59.4 Å². The molecule has 2 rings (SSSR count). The van der Waals surface area contributed by atoms with Gasteiger partial charge in [0.15, 0.2) is 0 Å². The van der Waals surface area contributed by atoms with Gasteiger partial charge in [0, 0.05) is 17.2 Å². The molecule has 4 heteroatoms. The summed E-state index contributed by atoms with van der Waals surface area (Å²) < 4.78 is 0. The van der Waals surface area contributed by atoms with Crippen molar-refractivity contribution in [3.63, 3.8) is 0 Å². The molecule has 0 aliphatic heterocycles. The van der Waals surface area contributed by atoms with Crippen molar-refractivity contribution in [2.75, 3.05) is 0 Å². The Morgan fingerprint density at radius 1 is 1.22 bits per heavy atom. The first-order valence-electron chi connectivity index (χ1n) is 5.63. The summed E-state index contributed by atoms with van der Waals surface area (Å²) in [6.07, 6.45) is 1.64. The fourth-order valence-corrected chi connectivity index (χ4v) is 1.82. The van der Waals surface area contributed by atoms with Crippen LogP contribution in [0.4, 0.5) is 0 Å². The van der Waals surface area contributed by atoms with Crippen LogP contribution < -0.4 is 11.1 Å². The molecule has 0 bridgehead atoms. The summed E-state index contributed by atoms with van der Waals surface area (Å²) in [7, 11) is 0. The number of carbonyl (C=O) groups excluding carboxylic acids is 2. The van der Waals surface area contributed by atoms with E-state index in [-0.39, 0.29) is 29.0 Å². The van der Waals surface area contributed by atoms with Gasteiger partial charge in [0.1, 0.15) is 11.4 Å². The number of nitrogens with two attached hydrogens (primary N) is 1. The zero-order chi connectivity index (χ0) is 13.3. The molecule has 0 heterocycles. The summed E-state index contributed by atoms with van der Waals surface area (Å²) in [5.41, 5.74) is 6.61. The van der Waals surface area contributed by atoms with Gasteiger partial charge >= 0.3 is 0 Å². The predicted octanol–water partition coefficient (Wildman–Crippen LogP) is 1.40. The van der Waals surface area contributed by atoms with Crippen LogP contribution in [0.2, 0.25) is 0 Å². The van der Waals surface area contributed by atoms with E-state index < -0.39 is 0 Å². The maximum absolute atomic E-state index is 12.2. The number of benzene rings is 1. The van der Waals surface area contributed by atoms with E-state index in [2.05, 4.69) is 11.9 Å². The molecule has 0 spiro atoms. The molecular formula is C14H14N2O2. The van der Waals surface area contributed by atoms with Gasteiger partial charge in [-0.3, -0.25) is 9.59 Å². The molecule has 92 valence electrons. The largest absolute Gasteiger partial charge is 0.394 e. The lowest BCUT2D eigenvalue weighted by Crippen LogP contribution is -2.36. The van der Waals surface area contributed by atoms with E-state index in [9.17, 15) is 9.59 Å². The van der Waals surface area contributed by atoms with Gasteiger partial charge in [-0.05, 0) is 6.92 Å². The van der Waals surface area contributed by atoms with Gasteiger partial charge in [-0.2, -0.15) is 0 Å². The van der Waals surface area contributed by atoms with Gasteiger partial charge in [0.2, 0.25) is 11.6 Å². The fraction of sp³-hybridized carbons (Fsp3) is 0.143. The molecule has 1 aromatic carbocycles. The molecule has 1 atom stereocenters. The number of fused-ring (bicyclic) bond motifs is 1. The lowest BCUT2D eigenvalue weighted by molar-refractivity contribution is 0.0966. The Balaban J connectivity index is 2.49. The Hall–Kier alpha value is -2.36. The van der Waals surface area contributed by atoms with Crippen molar-refractivity contribution in [3.8, 4) is 0 Å². The number of Topliss-reactive ketones (excluding diaryl/α,β-unsaturated/α-hetero) is 2. The Labute approximate surface area is 105 Å². The minimum atomic E-state index is -0.316. The lowest BCUT2D eigenvalue weighted by atomic mass is 9.90. The molecule has 0 saturated carbocycles. The van der Waals surface area contributed by atoms with Gasteiger partial charge < -0.3 is 11.1 Å². The van der Waals surface area contributed by atoms with Crippen molar-refractivity contribution in [1.82, 2.24) is 5.32 Å². The summed E-state index contributed by atoms with van der Waals surface area (Å²) in [5.74, 6) is -0.569. The van der Waals surface area contributed by atoms with Crippen molar-refractivity contribution in [2.45, 2.75) is 13.0 Å². The Bertz CT molecular complexity index is 573. The van der Waals surface area contributed by atoms with Gasteiger partial charge in [-0.25, -0.2) is 0 Å². The van der Waals surface area contributed by atoms with Crippen LogP contribution >= 0.6 is 0 Å². The van der Waals surface area contributed by atoms with Crippen LogP contribution in [0.25, 0.3) is 0 Å². The highest BCUT2D eigenvalue weighted by Crippen LogP contribution is 2.22. The third-order valence-corrected chi connectivity index (χ3v) is 2.88. The molecule has 1 aliphatic carbocycles. The molecule has 0 saturated heterocycles. The minimum Gasteiger partial charge on any atom is -0.394 e. The highest BCUT2D eigenvalue weighted by atomic mass is 16.1. The molecule has 0 aromatic heterocycles. The van der Waals surface area contributed by atoms with Crippen molar-refractivity contribution < 1.29 is 9.59 Å². The second-order valence-electron chi connectivity index (χ2n) is 4.16. The molecule has 0 amide bonds. The number of nitrogens with one attached hydrogen (secondary N) is 1. The van der Waals surface area contributed by atoms with E-state index in [1.54, 1.807) is 30.3 Å². The first kappa shape index (κ1) is 12.1. The highest BCUT2D eigenvalue weighted by molar-refractivity contribution is 6.26. The molecule has 4 nitrogen and oxygen atoms in total. The Morgan fingerprint density at radius 3 is 2.33 bits per heavy atom. The standard InChI is InChI=1S/C14H14N2O2/c1-3-8(2)16-12-11(15)13(17)9-6-4-5-7-10(9)14(12)18/h3-8,16H,1,15H2,2H3.